The Morgan fingerprint density at radius 3 is 2.24 bits per heavy atom. The van der Waals surface area contributed by atoms with E-state index in [0.29, 0.717) is 48.2 Å². The van der Waals surface area contributed by atoms with E-state index < -0.39 is 0 Å². The van der Waals surface area contributed by atoms with Crippen molar-refractivity contribution in [1.82, 2.24) is 4.90 Å². The monoisotopic (exact) mass is 452 g/mol. The van der Waals surface area contributed by atoms with Crippen LogP contribution in [0.3, 0.4) is 0 Å². The van der Waals surface area contributed by atoms with E-state index in [-0.39, 0.29) is 41.7 Å². The van der Waals surface area contributed by atoms with Crippen LogP contribution in [0.15, 0.2) is 40.6 Å². The summed E-state index contributed by atoms with van der Waals surface area (Å²) in [5.41, 5.74) is 1.71. The fourth-order valence-electron chi connectivity index (χ4n) is 4.65. The van der Waals surface area contributed by atoms with Crippen molar-refractivity contribution in [2.24, 2.45) is 10.4 Å². The second-order valence-electron chi connectivity index (χ2n) is 9.92. The highest BCUT2D eigenvalue weighted by molar-refractivity contribution is 6.24. The highest BCUT2D eigenvalue weighted by Crippen LogP contribution is 2.36. The molecule has 3 rings (SSSR count). The summed E-state index contributed by atoms with van der Waals surface area (Å²) in [4.78, 5) is 43.9. The molecule has 178 valence electrons. The summed E-state index contributed by atoms with van der Waals surface area (Å²) in [5.74, 6) is -0.654. The van der Waals surface area contributed by atoms with Crippen LogP contribution < -0.4 is 0 Å². The van der Waals surface area contributed by atoms with E-state index >= 15 is 0 Å². The minimum atomic E-state index is -0.302. The number of aliphatic imine (C=N–C) groups is 1. The van der Waals surface area contributed by atoms with Gasteiger partial charge in [-0.1, -0.05) is 58.6 Å². The number of imide groups is 1. The first-order valence-corrected chi connectivity index (χ1v) is 12.2. The van der Waals surface area contributed by atoms with Crippen LogP contribution in [0.2, 0.25) is 0 Å². The molecule has 2 aliphatic rings. The van der Waals surface area contributed by atoms with Crippen LogP contribution in [-0.4, -0.2) is 46.4 Å². The number of amides is 2. The van der Waals surface area contributed by atoms with Crippen molar-refractivity contribution in [2.75, 3.05) is 13.1 Å². The van der Waals surface area contributed by atoms with Gasteiger partial charge in [0, 0.05) is 31.6 Å². The zero-order valence-corrected chi connectivity index (χ0v) is 20.2. The lowest BCUT2D eigenvalue weighted by Gasteiger charge is -2.31. The number of Topliss-reactive ketones (excluding diaryl/α,β-unsaturated/α-hetero) is 1. The summed E-state index contributed by atoms with van der Waals surface area (Å²) in [5, 5.41) is 10.8. The van der Waals surface area contributed by atoms with Crippen LogP contribution in [0.5, 0.6) is 0 Å². The topological polar surface area (TPSA) is 87.0 Å². The number of nitrogens with zero attached hydrogens (tertiary/aromatic N) is 2. The van der Waals surface area contributed by atoms with Crippen LogP contribution in [0.1, 0.15) is 99.3 Å². The number of aliphatic hydroxyl groups is 1. The van der Waals surface area contributed by atoms with Gasteiger partial charge in [-0.05, 0) is 36.8 Å². The normalized spacial score (nSPS) is 20.5. The summed E-state index contributed by atoms with van der Waals surface area (Å²) < 4.78 is 0. The predicted octanol–water partition coefficient (Wildman–Crippen LogP) is 5.68. The molecule has 1 saturated carbocycles. The number of hydrogen-bond donors (Lipinski definition) is 1. The van der Waals surface area contributed by atoms with Gasteiger partial charge in [-0.3, -0.25) is 24.3 Å². The number of benzene rings is 1. The van der Waals surface area contributed by atoms with E-state index in [9.17, 15) is 19.5 Å². The highest BCUT2D eigenvalue weighted by Gasteiger charge is 2.37. The molecule has 2 amide bonds. The van der Waals surface area contributed by atoms with Crippen LogP contribution in [-0.2, 0) is 4.79 Å². The van der Waals surface area contributed by atoms with E-state index in [4.69, 9.17) is 4.99 Å². The van der Waals surface area contributed by atoms with Crippen LogP contribution in [0.4, 0.5) is 0 Å². The first-order chi connectivity index (χ1) is 15.7. The SMILES string of the molecule is CCCCCCCN=C1CC(C)(C)CC(=O)/C1=C(/O)CCCN1C(=O)c2ccccc2C1=O. The summed E-state index contributed by atoms with van der Waals surface area (Å²) >= 11 is 0. The lowest BCUT2D eigenvalue weighted by atomic mass is 9.73. The number of fused-ring (bicyclic) bond motifs is 1. The minimum absolute atomic E-state index is 0.0249. The first kappa shape index (κ1) is 24.9. The van der Waals surface area contributed by atoms with Gasteiger partial charge in [-0.25, -0.2) is 0 Å². The summed E-state index contributed by atoms with van der Waals surface area (Å²) in [6, 6.07) is 6.79. The maximum Gasteiger partial charge on any atom is 0.261 e. The van der Waals surface area contributed by atoms with Crippen LogP contribution in [0.25, 0.3) is 0 Å². The molecule has 6 heteroatoms. The number of carbonyl (C=O) groups is 3. The number of rotatable bonds is 10. The summed E-state index contributed by atoms with van der Waals surface area (Å²) in [7, 11) is 0. The van der Waals surface area contributed by atoms with Gasteiger partial charge in [0.2, 0.25) is 0 Å². The number of allylic oxidation sites excluding steroid dienone is 2. The molecule has 0 atom stereocenters. The molecule has 0 spiro atoms. The Hall–Kier alpha value is -2.76. The molecule has 0 radical (unpaired) electrons. The Balaban J connectivity index is 1.65. The standard InChI is InChI=1S/C27H36N2O4/c1-4-5-6-7-10-15-28-21-17-27(2,3)18-23(31)24(21)22(30)14-11-16-29-25(32)19-12-8-9-13-20(19)26(29)33/h8-9,12-13,30H,4-7,10-11,14-18H2,1-3H3/b24-22+,28-21?. The Kier molecular flexibility index (Phi) is 8.22. The summed E-state index contributed by atoms with van der Waals surface area (Å²) in [6.45, 7) is 7.15. The molecule has 1 aromatic carbocycles. The Labute approximate surface area is 196 Å². The van der Waals surface area contributed by atoms with Crippen molar-refractivity contribution < 1.29 is 19.5 Å². The van der Waals surface area contributed by atoms with Gasteiger partial charge in [-0.2, -0.15) is 0 Å². The molecule has 1 aliphatic heterocycles. The van der Waals surface area contributed by atoms with E-state index in [1.165, 1.54) is 24.2 Å². The van der Waals surface area contributed by atoms with E-state index in [1.54, 1.807) is 24.3 Å². The lowest BCUT2D eigenvalue weighted by molar-refractivity contribution is -0.117. The molecule has 1 fully saturated rings. The predicted molar refractivity (Wildman–Crippen MR) is 130 cm³/mol. The van der Waals surface area contributed by atoms with Crippen molar-refractivity contribution in [3.05, 3.63) is 46.7 Å². The average molecular weight is 453 g/mol. The molecule has 0 unspecified atom stereocenters. The third-order valence-electron chi connectivity index (χ3n) is 6.38. The number of aliphatic hydroxyl groups excluding tert-OH is 1. The minimum Gasteiger partial charge on any atom is -0.511 e. The van der Waals surface area contributed by atoms with Gasteiger partial charge < -0.3 is 5.11 Å². The number of carbonyl (C=O) groups excluding carboxylic acids is 3. The molecule has 1 N–H and O–H groups in total. The molecule has 6 nitrogen and oxygen atoms in total. The molecule has 1 aromatic rings. The first-order valence-electron chi connectivity index (χ1n) is 12.2. The summed E-state index contributed by atoms with van der Waals surface area (Å²) in [6.07, 6.45) is 7.36. The molecule has 0 bridgehead atoms. The van der Waals surface area contributed by atoms with Crippen molar-refractivity contribution in [3.8, 4) is 0 Å². The fourth-order valence-corrected chi connectivity index (χ4v) is 4.65. The molecular weight excluding hydrogens is 416 g/mol. The Morgan fingerprint density at radius 2 is 1.61 bits per heavy atom. The van der Waals surface area contributed by atoms with Crippen molar-refractivity contribution in [3.63, 3.8) is 0 Å². The zero-order chi connectivity index (χ0) is 24.0. The fraction of sp³-hybridized carbons (Fsp3) is 0.556. The smallest absolute Gasteiger partial charge is 0.261 e. The van der Waals surface area contributed by atoms with Gasteiger partial charge in [0.15, 0.2) is 5.78 Å². The molecule has 0 aromatic heterocycles. The van der Waals surface area contributed by atoms with Crippen LogP contribution >= 0.6 is 0 Å². The van der Waals surface area contributed by atoms with E-state index in [1.807, 2.05) is 0 Å². The zero-order valence-electron chi connectivity index (χ0n) is 20.2. The van der Waals surface area contributed by atoms with Gasteiger partial charge in [0.1, 0.15) is 5.76 Å². The van der Waals surface area contributed by atoms with E-state index in [2.05, 4.69) is 20.8 Å². The maximum absolute atomic E-state index is 12.9. The lowest BCUT2D eigenvalue weighted by Crippen LogP contribution is -2.33. The van der Waals surface area contributed by atoms with Gasteiger partial charge in [0.25, 0.3) is 11.8 Å². The van der Waals surface area contributed by atoms with Crippen molar-refractivity contribution >= 4 is 23.3 Å². The van der Waals surface area contributed by atoms with Crippen molar-refractivity contribution in [1.29, 1.82) is 0 Å². The highest BCUT2D eigenvalue weighted by atomic mass is 16.3. The number of hydrogen-bond acceptors (Lipinski definition) is 5. The van der Waals surface area contributed by atoms with E-state index in [0.717, 1.165) is 12.8 Å². The molecular formula is C27H36N2O4. The molecule has 0 saturated heterocycles. The number of unbranched alkanes of at least 4 members (excludes halogenated alkanes) is 4. The average Bonchev–Trinajstić information content (AvgIpc) is 3.00. The van der Waals surface area contributed by atoms with Crippen molar-refractivity contribution in [2.45, 2.75) is 78.6 Å². The number of ketones is 1. The largest absolute Gasteiger partial charge is 0.511 e. The van der Waals surface area contributed by atoms with Gasteiger partial charge in [0.05, 0.1) is 16.7 Å². The maximum atomic E-state index is 12.9. The second-order valence-corrected chi connectivity index (χ2v) is 9.92. The third kappa shape index (κ3) is 5.98. The third-order valence-corrected chi connectivity index (χ3v) is 6.38. The molecule has 1 heterocycles. The molecule has 1 aliphatic carbocycles. The Morgan fingerprint density at radius 1 is 0.970 bits per heavy atom. The molecule has 33 heavy (non-hydrogen) atoms. The van der Waals surface area contributed by atoms with Gasteiger partial charge in [-0.15, -0.1) is 0 Å². The quantitative estimate of drug-likeness (QED) is 0.214. The van der Waals surface area contributed by atoms with Crippen LogP contribution in [0, 0.1) is 5.41 Å². The van der Waals surface area contributed by atoms with Gasteiger partial charge >= 0.3 is 0 Å². The Bertz CT molecular complexity index is 939. The second kappa shape index (κ2) is 10.9.